The highest BCUT2D eigenvalue weighted by Crippen LogP contribution is 2.05. The van der Waals surface area contributed by atoms with Crippen molar-refractivity contribution in [3.05, 3.63) is 77.5 Å². The molecular weight excluding hydrogens is 332 g/mol. The number of carboxylic acids is 1. The Kier molecular flexibility index (Phi) is 6.50. The molecule has 0 fully saturated rings. The molecule has 0 aliphatic carbocycles. The second-order valence-corrected chi connectivity index (χ2v) is 5.33. The zero-order valence-electron chi connectivity index (χ0n) is 14.2. The van der Waals surface area contributed by atoms with Gasteiger partial charge in [-0.1, -0.05) is 30.3 Å². The van der Waals surface area contributed by atoms with Gasteiger partial charge in [-0.15, -0.1) is 0 Å². The van der Waals surface area contributed by atoms with E-state index in [0.717, 1.165) is 5.56 Å². The van der Waals surface area contributed by atoms with Crippen molar-refractivity contribution in [2.24, 2.45) is 9.98 Å². The fraction of sp³-hybridized carbons (Fsp3) is 0.105. The summed E-state index contributed by atoms with van der Waals surface area (Å²) in [5.74, 6) is -1.09. The third-order valence-electron chi connectivity index (χ3n) is 3.40. The number of aromatic carboxylic acids is 1. The second-order valence-electron chi connectivity index (χ2n) is 5.33. The van der Waals surface area contributed by atoms with Crippen LogP contribution in [0.3, 0.4) is 0 Å². The van der Waals surface area contributed by atoms with Crippen molar-refractivity contribution in [1.29, 1.82) is 0 Å². The summed E-state index contributed by atoms with van der Waals surface area (Å²) in [6.45, 7) is 5.09. The smallest absolute Gasteiger partial charge is 0.335 e. The molecule has 2 aromatic rings. The summed E-state index contributed by atoms with van der Waals surface area (Å²) in [6.07, 6.45) is 2.95. The predicted octanol–water partition coefficient (Wildman–Crippen LogP) is 2.45. The summed E-state index contributed by atoms with van der Waals surface area (Å²) >= 11 is 0. The Morgan fingerprint density at radius 2 is 2.00 bits per heavy atom. The van der Waals surface area contributed by atoms with Crippen LogP contribution in [-0.4, -0.2) is 34.4 Å². The number of aliphatic imine (C=N–C) groups is 2. The first kappa shape index (κ1) is 18.7. The normalized spacial score (nSPS) is 11.7. The van der Waals surface area contributed by atoms with Crippen molar-refractivity contribution >= 4 is 24.3 Å². The van der Waals surface area contributed by atoms with Gasteiger partial charge in [-0.2, -0.15) is 0 Å². The van der Waals surface area contributed by atoms with E-state index in [0.29, 0.717) is 11.4 Å². The fourth-order valence-electron chi connectivity index (χ4n) is 2.07. The topological polar surface area (TPSA) is 104 Å². The van der Waals surface area contributed by atoms with Crippen molar-refractivity contribution in [2.75, 3.05) is 0 Å². The van der Waals surface area contributed by atoms with Gasteiger partial charge in [0.05, 0.1) is 29.6 Å². The van der Waals surface area contributed by atoms with Crippen LogP contribution in [0.15, 0.2) is 70.7 Å². The minimum atomic E-state index is -1.04. The molecule has 1 aromatic heterocycles. The van der Waals surface area contributed by atoms with Crippen LogP contribution in [0.2, 0.25) is 0 Å². The molecule has 1 heterocycles. The maximum atomic E-state index is 12.1. The van der Waals surface area contributed by atoms with Gasteiger partial charge in [-0.25, -0.2) is 9.79 Å². The first-order valence-corrected chi connectivity index (χ1v) is 7.74. The van der Waals surface area contributed by atoms with Crippen LogP contribution in [0, 0.1) is 0 Å². The van der Waals surface area contributed by atoms with Crippen LogP contribution >= 0.6 is 0 Å². The largest absolute Gasteiger partial charge is 0.478 e. The molecule has 0 bridgehead atoms. The first-order chi connectivity index (χ1) is 12.5. The molecule has 0 saturated heterocycles. The molecule has 0 spiro atoms. The number of hydrogen-bond acceptors (Lipinski definition) is 5. The van der Waals surface area contributed by atoms with E-state index in [9.17, 15) is 9.59 Å². The van der Waals surface area contributed by atoms with Crippen LogP contribution in [0.25, 0.3) is 0 Å². The molecule has 7 nitrogen and oxygen atoms in total. The third kappa shape index (κ3) is 5.48. The van der Waals surface area contributed by atoms with Crippen LogP contribution in [0.5, 0.6) is 0 Å². The van der Waals surface area contributed by atoms with Crippen molar-refractivity contribution in [3.8, 4) is 0 Å². The molecule has 0 aliphatic heterocycles. The number of aromatic nitrogens is 1. The Balaban J connectivity index is 2.08. The van der Waals surface area contributed by atoms with Gasteiger partial charge in [0.2, 0.25) is 5.91 Å². The van der Waals surface area contributed by atoms with Gasteiger partial charge >= 0.3 is 5.97 Å². The van der Waals surface area contributed by atoms with E-state index in [1.807, 2.05) is 30.3 Å². The van der Waals surface area contributed by atoms with Gasteiger partial charge < -0.3 is 10.4 Å². The van der Waals surface area contributed by atoms with Gasteiger partial charge in [0.25, 0.3) is 0 Å². The van der Waals surface area contributed by atoms with Crippen molar-refractivity contribution in [2.45, 2.75) is 13.3 Å². The molecule has 0 radical (unpaired) electrons. The Morgan fingerprint density at radius 1 is 1.27 bits per heavy atom. The van der Waals surface area contributed by atoms with E-state index in [1.54, 1.807) is 6.92 Å². The maximum absolute atomic E-state index is 12.1. The van der Waals surface area contributed by atoms with Crippen LogP contribution in [-0.2, 0) is 11.2 Å². The SMILES string of the molecule is C=N/C(=C\N=C(C)c1cc(C(=O)O)ccn1)NC(=O)Cc1ccccc1. The Morgan fingerprint density at radius 3 is 2.65 bits per heavy atom. The fourth-order valence-corrected chi connectivity index (χ4v) is 2.07. The highest BCUT2D eigenvalue weighted by molar-refractivity contribution is 5.99. The summed E-state index contributed by atoms with van der Waals surface area (Å²) in [5.41, 5.74) is 1.89. The molecular formula is C19H18N4O3. The summed E-state index contributed by atoms with van der Waals surface area (Å²) in [6, 6.07) is 12.1. The molecule has 1 amide bonds. The van der Waals surface area contributed by atoms with E-state index < -0.39 is 5.97 Å². The zero-order valence-corrected chi connectivity index (χ0v) is 14.2. The number of nitrogens with zero attached hydrogens (tertiary/aromatic N) is 3. The number of nitrogens with one attached hydrogen (secondary N) is 1. The number of amides is 1. The van der Waals surface area contributed by atoms with Crippen molar-refractivity contribution < 1.29 is 14.7 Å². The van der Waals surface area contributed by atoms with E-state index in [-0.39, 0.29) is 23.7 Å². The van der Waals surface area contributed by atoms with E-state index >= 15 is 0 Å². The van der Waals surface area contributed by atoms with Crippen LogP contribution < -0.4 is 5.32 Å². The lowest BCUT2D eigenvalue weighted by Crippen LogP contribution is -2.23. The molecule has 0 unspecified atom stereocenters. The van der Waals surface area contributed by atoms with Crippen LogP contribution in [0.4, 0.5) is 0 Å². The molecule has 26 heavy (non-hydrogen) atoms. The van der Waals surface area contributed by atoms with E-state index in [4.69, 9.17) is 5.11 Å². The number of benzene rings is 1. The van der Waals surface area contributed by atoms with Gasteiger partial charge in [-0.05, 0) is 31.3 Å². The molecule has 0 aliphatic rings. The van der Waals surface area contributed by atoms with E-state index in [1.165, 1.54) is 24.5 Å². The molecule has 7 heteroatoms. The van der Waals surface area contributed by atoms with E-state index in [2.05, 4.69) is 27.0 Å². The molecule has 132 valence electrons. The molecule has 2 rings (SSSR count). The summed E-state index contributed by atoms with van der Waals surface area (Å²) < 4.78 is 0. The minimum Gasteiger partial charge on any atom is -0.478 e. The first-order valence-electron chi connectivity index (χ1n) is 7.74. The summed E-state index contributed by atoms with van der Waals surface area (Å²) in [7, 11) is 0. The van der Waals surface area contributed by atoms with Crippen LogP contribution in [0.1, 0.15) is 28.5 Å². The highest BCUT2D eigenvalue weighted by Gasteiger charge is 2.07. The Labute approximate surface area is 150 Å². The van der Waals surface area contributed by atoms with Crippen molar-refractivity contribution in [1.82, 2.24) is 10.3 Å². The molecule has 1 aromatic carbocycles. The Bertz CT molecular complexity index is 873. The number of carboxylic acid groups (broad SMARTS) is 1. The number of hydrogen-bond donors (Lipinski definition) is 2. The predicted molar refractivity (Wildman–Crippen MR) is 99.3 cm³/mol. The number of pyridine rings is 1. The quantitative estimate of drug-likeness (QED) is 0.748. The Hall–Kier alpha value is -3.61. The maximum Gasteiger partial charge on any atom is 0.335 e. The number of rotatable bonds is 7. The standard InChI is InChI=1S/C19H18N4O3/c1-13(16-11-15(19(25)26)8-9-21-16)22-12-17(20-2)23-18(24)10-14-6-4-3-5-7-14/h3-9,11-12H,2,10H2,1H3,(H,23,24)(H,25,26)/b17-12+,22-13?. The minimum absolute atomic E-state index is 0.117. The van der Waals surface area contributed by atoms with Gasteiger partial charge in [0.15, 0.2) is 0 Å². The molecule has 2 N–H and O–H groups in total. The average Bonchev–Trinajstić information content (AvgIpc) is 2.65. The van der Waals surface area contributed by atoms with Gasteiger partial charge in [-0.3, -0.25) is 14.8 Å². The highest BCUT2D eigenvalue weighted by atomic mass is 16.4. The lowest BCUT2D eigenvalue weighted by atomic mass is 10.1. The third-order valence-corrected chi connectivity index (χ3v) is 3.40. The average molecular weight is 350 g/mol. The monoisotopic (exact) mass is 350 g/mol. The summed E-state index contributed by atoms with van der Waals surface area (Å²) in [5, 5.41) is 11.6. The zero-order chi connectivity index (χ0) is 18.9. The lowest BCUT2D eigenvalue weighted by molar-refractivity contribution is -0.119. The van der Waals surface area contributed by atoms with Gasteiger partial charge in [0, 0.05) is 6.20 Å². The van der Waals surface area contributed by atoms with Gasteiger partial charge in [0.1, 0.15) is 5.82 Å². The molecule has 0 atom stereocenters. The lowest BCUT2D eigenvalue weighted by Gasteiger charge is -2.05. The van der Waals surface area contributed by atoms with Crippen molar-refractivity contribution in [3.63, 3.8) is 0 Å². The second kappa shape index (κ2) is 9.03. The summed E-state index contributed by atoms with van der Waals surface area (Å²) in [4.78, 5) is 35.1. The number of carbonyl (C=O) groups is 2. The number of carbonyl (C=O) groups excluding carboxylic acids is 1. The molecule has 0 saturated carbocycles.